The molecule has 1 heterocycles. The van der Waals surface area contributed by atoms with E-state index in [1.54, 1.807) is 6.07 Å². The van der Waals surface area contributed by atoms with Crippen LogP contribution in [0.2, 0.25) is 0 Å². The molecule has 94 valence electrons. The predicted octanol–water partition coefficient (Wildman–Crippen LogP) is 2.50. The highest BCUT2D eigenvalue weighted by Crippen LogP contribution is 2.33. The third-order valence-corrected chi connectivity index (χ3v) is 6.31. The highest BCUT2D eigenvalue weighted by atomic mass is 32.2. The van der Waals surface area contributed by atoms with E-state index in [1.807, 2.05) is 41.7 Å². The summed E-state index contributed by atoms with van der Waals surface area (Å²) in [5, 5.41) is 10.6. The summed E-state index contributed by atoms with van der Waals surface area (Å²) in [6.07, 6.45) is 0.844. The largest absolute Gasteiger partial charge is 0.508 e. The molecule has 2 rings (SSSR count). The highest BCUT2D eigenvalue weighted by Gasteiger charge is 2.28. The maximum atomic E-state index is 9.44. The Morgan fingerprint density at radius 1 is 1.41 bits per heavy atom. The Morgan fingerprint density at radius 2 is 2.18 bits per heavy atom. The molecule has 3 N–H and O–H groups in total. The fourth-order valence-corrected chi connectivity index (χ4v) is 5.08. The van der Waals surface area contributed by atoms with E-state index in [-0.39, 0.29) is 6.04 Å². The average Bonchev–Trinajstić information content (AvgIpc) is 2.29. The van der Waals surface area contributed by atoms with E-state index in [0.717, 1.165) is 12.0 Å². The number of aromatic hydroxyl groups is 1. The summed E-state index contributed by atoms with van der Waals surface area (Å²) in [5.41, 5.74) is 7.43. The average molecular weight is 269 g/mol. The van der Waals surface area contributed by atoms with Crippen LogP contribution in [-0.4, -0.2) is 33.2 Å². The smallest absolute Gasteiger partial charge is 0.115 e. The SMILES string of the molecule is CC1SCCSC1C(N)Cc1cccc(O)c1. The highest BCUT2D eigenvalue weighted by molar-refractivity contribution is 8.07. The molecule has 3 unspecified atom stereocenters. The van der Waals surface area contributed by atoms with Gasteiger partial charge in [0.05, 0.1) is 0 Å². The number of thioether (sulfide) groups is 2. The molecule has 0 radical (unpaired) electrons. The van der Waals surface area contributed by atoms with Crippen LogP contribution in [0.4, 0.5) is 0 Å². The normalized spacial score (nSPS) is 26.7. The fraction of sp³-hybridized carbons (Fsp3) is 0.538. The van der Waals surface area contributed by atoms with Gasteiger partial charge in [0.1, 0.15) is 5.75 Å². The van der Waals surface area contributed by atoms with Crippen molar-refractivity contribution >= 4 is 23.5 Å². The van der Waals surface area contributed by atoms with Gasteiger partial charge in [-0.3, -0.25) is 0 Å². The Labute approximate surface area is 111 Å². The van der Waals surface area contributed by atoms with E-state index in [9.17, 15) is 5.11 Å². The van der Waals surface area contributed by atoms with Crippen LogP contribution in [0.5, 0.6) is 5.75 Å². The first kappa shape index (κ1) is 13.1. The van der Waals surface area contributed by atoms with Crippen LogP contribution in [0.15, 0.2) is 24.3 Å². The number of hydrogen-bond donors (Lipinski definition) is 2. The van der Waals surface area contributed by atoms with E-state index in [0.29, 0.717) is 16.2 Å². The molecule has 3 atom stereocenters. The van der Waals surface area contributed by atoms with Gasteiger partial charge < -0.3 is 10.8 Å². The van der Waals surface area contributed by atoms with Crippen molar-refractivity contribution in [3.8, 4) is 5.75 Å². The van der Waals surface area contributed by atoms with Crippen LogP contribution in [0, 0.1) is 0 Å². The van der Waals surface area contributed by atoms with Crippen molar-refractivity contribution in [2.45, 2.75) is 29.9 Å². The predicted molar refractivity (Wildman–Crippen MR) is 78.0 cm³/mol. The van der Waals surface area contributed by atoms with E-state index < -0.39 is 0 Å². The molecule has 1 aliphatic heterocycles. The molecule has 0 amide bonds. The lowest BCUT2D eigenvalue weighted by Crippen LogP contribution is -2.42. The Kier molecular flexibility index (Phi) is 4.65. The second kappa shape index (κ2) is 6.03. The topological polar surface area (TPSA) is 46.2 Å². The third kappa shape index (κ3) is 3.57. The summed E-state index contributed by atoms with van der Waals surface area (Å²) in [5.74, 6) is 2.77. The van der Waals surface area contributed by atoms with Crippen LogP contribution in [0.25, 0.3) is 0 Å². The van der Waals surface area contributed by atoms with Gasteiger partial charge >= 0.3 is 0 Å². The molecule has 2 nitrogen and oxygen atoms in total. The van der Waals surface area contributed by atoms with Crippen molar-refractivity contribution in [3.63, 3.8) is 0 Å². The molecule has 0 saturated carbocycles. The maximum Gasteiger partial charge on any atom is 0.115 e. The Morgan fingerprint density at radius 3 is 2.88 bits per heavy atom. The summed E-state index contributed by atoms with van der Waals surface area (Å²) < 4.78 is 0. The van der Waals surface area contributed by atoms with E-state index >= 15 is 0 Å². The molecule has 1 saturated heterocycles. The molecule has 0 aromatic heterocycles. The van der Waals surface area contributed by atoms with E-state index in [2.05, 4.69) is 6.92 Å². The number of rotatable bonds is 3. The van der Waals surface area contributed by atoms with Gasteiger partial charge in [-0.2, -0.15) is 23.5 Å². The lowest BCUT2D eigenvalue weighted by Gasteiger charge is -2.32. The number of benzene rings is 1. The van der Waals surface area contributed by atoms with E-state index in [1.165, 1.54) is 11.5 Å². The zero-order valence-corrected chi connectivity index (χ0v) is 11.6. The lowest BCUT2D eigenvalue weighted by molar-refractivity contribution is 0.474. The minimum absolute atomic E-state index is 0.171. The van der Waals surface area contributed by atoms with Gasteiger partial charge in [-0.15, -0.1) is 0 Å². The molecule has 0 aliphatic carbocycles. The zero-order chi connectivity index (χ0) is 12.3. The fourth-order valence-electron chi connectivity index (χ4n) is 2.19. The first-order chi connectivity index (χ1) is 8.16. The minimum atomic E-state index is 0.171. The molecule has 0 spiro atoms. The van der Waals surface area contributed by atoms with Crippen molar-refractivity contribution in [2.75, 3.05) is 11.5 Å². The second-order valence-electron chi connectivity index (χ2n) is 4.45. The number of phenols is 1. The first-order valence-electron chi connectivity index (χ1n) is 5.93. The maximum absolute atomic E-state index is 9.44. The third-order valence-electron chi connectivity index (χ3n) is 3.04. The minimum Gasteiger partial charge on any atom is -0.508 e. The van der Waals surface area contributed by atoms with Crippen LogP contribution < -0.4 is 5.73 Å². The summed E-state index contributed by atoms with van der Waals surface area (Å²) >= 11 is 4.01. The first-order valence-corrected chi connectivity index (χ1v) is 8.03. The Bertz CT molecular complexity index is 372. The summed E-state index contributed by atoms with van der Waals surface area (Å²) in [4.78, 5) is 0. The van der Waals surface area contributed by atoms with Crippen LogP contribution in [0.1, 0.15) is 12.5 Å². The van der Waals surface area contributed by atoms with Gasteiger partial charge in [0, 0.05) is 28.0 Å². The standard InChI is InChI=1S/C13H19NOS2/c1-9-13(17-6-5-16-9)12(14)8-10-3-2-4-11(15)7-10/h2-4,7,9,12-13,15H,5-6,8,14H2,1H3. The zero-order valence-electron chi connectivity index (χ0n) is 10.0. The number of nitrogens with two attached hydrogens (primary N) is 1. The van der Waals surface area contributed by atoms with Crippen LogP contribution >= 0.6 is 23.5 Å². The van der Waals surface area contributed by atoms with Gasteiger partial charge in [-0.1, -0.05) is 19.1 Å². The Hall–Kier alpha value is -0.320. The van der Waals surface area contributed by atoms with Gasteiger partial charge in [0.2, 0.25) is 0 Å². The van der Waals surface area contributed by atoms with Gasteiger partial charge in [-0.05, 0) is 24.1 Å². The van der Waals surface area contributed by atoms with Gasteiger partial charge in [-0.25, -0.2) is 0 Å². The summed E-state index contributed by atoms with van der Waals surface area (Å²) in [6, 6.07) is 7.59. The molecular formula is C13H19NOS2. The summed E-state index contributed by atoms with van der Waals surface area (Å²) in [7, 11) is 0. The second-order valence-corrected chi connectivity index (χ2v) is 7.22. The van der Waals surface area contributed by atoms with Crippen LogP contribution in [-0.2, 0) is 6.42 Å². The molecule has 1 aliphatic rings. The lowest BCUT2D eigenvalue weighted by atomic mass is 10.0. The number of hydrogen-bond acceptors (Lipinski definition) is 4. The van der Waals surface area contributed by atoms with Gasteiger partial charge in [0.15, 0.2) is 0 Å². The monoisotopic (exact) mass is 269 g/mol. The van der Waals surface area contributed by atoms with E-state index in [4.69, 9.17) is 5.73 Å². The van der Waals surface area contributed by atoms with Crippen molar-refractivity contribution < 1.29 is 5.11 Å². The molecule has 0 bridgehead atoms. The molecule has 1 aromatic rings. The van der Waals surface area contributed by atoms with Crippen molar-refractivity contribution in [1.82, 2.24) is 0 Å². The van der Waals surface area contributed by atoms with Crippen molar-refractivity contribution in [3.05, 3.63) is 29.8 Å². The Balaban J connectivity index is 1.98. The summed E-state index contributed by atoms with van der Waals surface area (Å²) in [6.45, 7) is 2.27. The molecule has 17 heavy (non-hydrogen) atoms. The quantitative estimate of drug-likeness (QED) is 0.885. The molecule has 4 heteroatoms. The van der Waals surface area contributed by atoms with Gasteiger partial charge in [0.25, 0.3) is 0 Å². The number of phenolic OH excluding ortho intramolecular Hbond substituents is 1. The molecule has 1 fully saturated rings. The van der Waals surface area contributed by atoms with Crippen LogP contribution in [0.3, 0.4) is 0 Å². The molecular weight excluding hydrogens is 250 g/mol. The van der Waals surface area contributed by atoms with Crippen molar-refractivity contribution in [1.29, 1.82) is 0 Å². The van der Waals surface area contributed by atoms with Crippen molar-refractivity contribution in [2.24, 2.45) is 5.73 Å². The molecule has 1 aromatic carbocycles.